The number of nitrogens with zero attached hydrogens (tertiary/aromatic N) is 3. The third kappa shape index (κ3) is 2.24. The average molecular weight is 222 g/mol. The summed E-state index contributed by atoms with van der Waals surface area (Å²) in [5.41, 5.74) is 6.69. The van der Waals surface area contributed by atoms with Crippen LogP contribution in [-0.4, -0.2) is 36.3 Å². The predicted octanol–water partition coefficient (Wildman–Crippen LogP) is 0.982. The van der Waals surface area contributed by atoms with Gasteiger partial charge in [-0.05, 0) is 19.8 Å². The molecule has 0 amide bonds. The van der Waals surface area contributed by atoms with Gasteiger partial charge in [-0.1, -0.05) is 0 Å². The summed E-state index contributed by atoms with van der Waals surface area (Å²) in [7, 11) is 2.01. The van der Waals surface area contributed by atoms with E-state index in [2.05, 4.69) is 14.9 Å². The van der Waals surface area contributed by atoms with Crippen LogP contribution in [0.5, 0.6) is 0 Å². The lowest BCUT2D eigenvalue weighted by Crippen LogP contribution is -2.30. The number of nitrogens with two attached hydrogens (primary N) is 1. The number of anilines is 2. The molecule has 1 aromatic heterocycles. The van der Waals surface area contributed by atoms with Gasteiger partial charge in [0, 0.05) is 25.8 Å². The summed E-state index contributed by atoms with van der Waals surface area (Å²) in [4.78, 5) is 10.3. The Morgan fingerprint density at radius 2 is 2.38 bits per heavy atom. The van der Waals surface area contributed by atoms with Crippen LogP contribution in [0.1, 0.15) is 18.4 Å². The molecule has 5 nitrogen and oxygen atoms in total. The van der Waals surface area contributed by atoms with Gasteiger partial charge in [-0.15, -0.1) is 0 Å². The van der Waals surface area contributed by atoms with Crippen LogP contribution in [0.2, 0.25) is 0 Å². The van der Waals surface area contributed by atoms with Crippen molar-refractivity contribution in [3.05, 3.63) is 11.9 Å². The van der Waals surface area contributed by atoms with Crippen molar-refractivity contribution in [3.63, 3.8) is 0 Å². The molecule has 1 aromatic rings. The number of ether oxygens (including phenoxy) is 1. The van der Waals surface area contributed by atoms with Crippen molar-refractivity contribution in [1.29, 1.82) is 0 Å². The van der Waals surface area contributed by atoms with E-state index in [9.17, 15) is 0 Å². The predicted molar refractivity (Wildman–Crippen MR) is 63.4 cm³/mol. The third-order valence-electron chi connectivity index (χ3n) is 2.96. The molecule has 88 valence electrons. The minimum absolute atomic E-state index is 0.320. The van der Waals surface area contributed by atoms with Crippen LogP contribution in [0.15, 0.2) is 6.33 Å². The van der Waals surface area contributed by atoms with Crippen LogP contribution in [0.3, 0.4) is 0 Å². The van der Waals surface area contributed by atoms with Gasteiger partial charge in [-0.25, -0.2) is 9.97 Å². The summed E-state index contributed by atoms with van der Waals surface area (Å²) in [6, 6.07) is 0. The second-order valence-electron chi connectivity index (χ2n) is 4.22. The van der Waals surface area contributed by atoms with Crippen molar-refractivity contribution < 1.29 is 4.74 Å². The number of rotatable bonds is 3. The van der Waals surface area contributed by atoms with Crippen molar-refractivity contribution in [1.82, 2.24) is 9.97 Å². The van der Waals surface area contributed by atoms with Crippen molar-refractivity contribution in [2.24, 2.45) is 0 Å². The highest BCUT2D eigenvalue weighted by molar-refractivity contribution is 5.55. The molecule has 1 aliphatic heterocycles. The summed E-state index contributed by atoms with van der Waals surface area (Å²) in [6.45, 7) is 3.68. The maximum atomic E-state index is 5.76. The van der Waals surface area contributed by atoms with Gasteiger partial charge in [0.15, 0.2) is 0 Å². The van der Waals surface area contributed by atoms with Gasteiger partial charge < -0.3 is 15.4 Å². The molecular formula is C11H18N4O. The summed E-state index contributed by atoms with van der Waals surface area (Å²) in [5, 5.41) is 0. The summed E-state index contributed by atoms with van der Waals surface area (Å²) >= 11 is 0. The molecule has 1 aliphatic rings. The number of nitrogen functional groups attached to an aromatic ring is 1. The fourth-order valence-corrected chi connectivity index (χ4v) is 2.02. The zero-order valence-electron chi connectivity index (χ0n) is 9.81. The van der Waals surface area contributed by atoms with Gasteiger partial charge >= 0.3 is 0 Å². The summed E-state index contributed by atoms with van der Waals surface area (Å²) in [5.74, 6) is 1.44. The maximum absolute atomic E-state index is 5.76. The van der Waals surface area contributed by atoms with Gasteiger partial charge in [0.05, 0.1) is 6.10 Å². The van der Waals surface area contributed by atoms with Crippen LogP contribution in [0.25, 0.3) is 0 Å². The number of likely N-dealkylation sites (N-methyl/N-ethyl adjacent to an activating group) is 1. The topological polar surface area (TPSA) is 64.3 Å². The Labute approximate surface area is 95.6 Å². The molecule has 0 spiro atoms. The lowest BCUT2D eigenvalue weighted by atomic mass is 10.2. The van der Waals surface area contributed by atoms with Crippen LogP contribution in [0.4, 0.5) is 11.6 Å². The molecule has 2 rings (SSSR count). The van der Waals surface area contributed by atoms with Gasteiger partial charge in [0.2, 0.25) is 0 Å². The molecule has 16 heavy (non-hydrogen) atoms. The first-order chi connectivity index (χ1) is 7.68. The molecular weight excluding hydrogens is 204 g/mol. The third-order valence-corrected chi connectivity index (χ3v) is 2.96. The lowest BCUT2D eigenvalue weighted by molar-refractivity contribution is 0.116. The van der Waals surface area contributed by atoms with Gasteiger partial charge in [-0.3, -0.25) is 0 Å². The van der Waals surface area contributed by atoms with E-state index >= 15 is 0 Å². The highest BCUT2D eigenvalue weighted by atomic mass is 16.5. The van der Waals surface area contributed by atoms with Crippen LogP contribution < -0.4 is 10.6 Å². The van der Waals surface area contributed by atoms with E-state index in [1.807, 2.05) is 14.0 Å². The smallest absolute Gasteiger partial charge is 0.136 e. The Kier molecular flexibility index (Phi) is 3.24. The summed E-state index contributed by atoms with van der Waals surface area (Å²) < 4.78 is 5.60. The Bertz CT molecular complexity index is 363. The molecule has 0 saturated carbocycles. The van der Waals surface area contributed by atoms with Crippen molar-refractivity contribution >= 4 is 11.6 Å². The zero-order valence-corrected chi connectivity index (χ0v) is 9.81. The van der Waals surface area contributed by atoms with E-state index in [0.29, 0.717) is 11.9 Å². The van der Waals surface area contributed by atoms with Gasteiger partial charge in [0.25, 0.3) is 0 Å². The highest BCUT2D eigenvalue weighted by Gasteiger charge is 2.19. The van der Waals surface area contributed by atoms with Crippen molar-refractivity contribution in [2.45, 2.75) is 25.9 Å². The Morgan fingerprint density at radius 3 is 3.06 bits per heavy atom. The van der Waals surface area contributed by atoms with Crippen LogP contribution in [0, 0.1) is 6.92 Å². The quantitative estimate of drug-likeness (QED) is 0.826. The first-order valence-corrected chi connectivity index (χ1v) is 5.58. The second-order valence-corrected chi connectivity index (χ2v) is 4.22. The first-order valence-electron chi connectivity index (χ1n) is 5.58. The van der Waals surface area contributed by atoms with E-state index in [1.54, 1.807) is 0 Å². The van der Waals surface area contributed by atoms with E-state index in [4.69, 9.17) is 10.5 Å². The normalized spacial score (nSPS) is 20.0. The SMILES string of the molecule is Cc1c(N)ncnc1N(C)CC1CCCO1. The van der Waals surface area contributed by atoms with Crippen molar-refractivity contribution in [2.75, 3.05) is 30.8 Å². The number of hydrogen-bond donors (Lipinski definition) is 1. The van der Waals surface area contributed by atoms with Crippen molar-refractivity contribution in [3.8, 4) is 0 Å². The minimum Gasteiger partial charge on any atom is -0.383 e. The van der Waals surface area contributed by atoms with E-state index in [-0.39, 0.29) is 0 Å². The molecule has 0 aliphatic carbocycles. The first kappa shape index (κ1) is 11.1. The highest BCUT2D eigenvalue weighted by Crippen LogP contribution is 2.21. The zero-order chi connectivity index (χ0) is 11.5. The van der Waals surface area contributed by atoms with E-state index < -0.39 is 0 Å². The minimum atomic E-state index is 0.320. The summed E-state index contributed by atoms with van der Waals surface area (Å²) in [6.07, 6.45) is 4.11. The monoisotopic (exact) mass is 222 g/mol. The standard InChI is InChI=1S/C11H18N4O/c1-8-10(12)13-7-14-11(8)15(2)6-9-4-3-5-16-9/h7,9H,3-6H2,1-2H3,(H2,12,13,14). The Hall–Kier alpha value is -1.36. The molecule has 1 atom stereocenters. The Balaban J connectivity index is 2.07. The molecule has 1 saturated heterocycles. The maximum Gasteiger partial charge on any atom is 0.136 e. The van der Waals surface area contributed by atoms with E-state index in [1.165, 1.54) is 6.33 Å². The molecule has 0 bridgehead atoms. The molecule has 5 heteroatoms. The Morgan fingerprint density at radius 1 is 1.56 bits per heavy atom. The fourth-order valence-electron chi connectivity index (χ4n) is 2.02. The lowest BCUT2D eigenvalue weighted by Gasteiger charge is -2.23. The molecule has 2 N–H and O–H groups in total. The second kappa shape index (κ2) is 4.65. The van der Waals surface area contributed by atoms with Gasteiger partial charge in [-0.2, -0.15) is 0 Å². The molecule has 0 radical (unpaired) electrons. The molecule has 1 fully saturated rings. The van der Waals surface area contributed by atoms with E-state index in [0.717, 1.165) is 37.4 Å². The fraction of sp³-hybridized carbons (Fsp3) is 0.636. The van der Waals surface area contributed by atoms with Gasteiger partial charge in [0.1, 0.15) is 18.0 Å². The molecule has 1 unspecified atom stereocenters. The van der Waals surface area contributed by atoms with Crippen LogP contribution >= 0.6 is 0 Å². The molecule has 2 heterocycles. The number of aromatic nitrogens is 2. The van der Waals surface area contributed by atoms with Crippen LogP contribution in [-0.2, 0) is 4.74 Å². The number of hydrogen-bond acceptors (Lipinski definition) is 5. The molecule has 0 aromatic carbocycles. The average Bonchev–Trinajstić information content (AvgIpc) is 2.74. The largest absolute Gasteiger partial charge is 0.383 e.